The lowest BCUT2D eigenvalue weighted by atomic mass is 10.1. The van der Waals surface area contributed by atoms with Crippen LogP contribution in [0.15, 0.2) is 12.4 Å². The van der Waals surface area contributed by atoms with Crippen LogP contribution in [0, 0.1) is 5.92 Å². The minimum absolute atomic E-state index is 0.661. The second-order valence-electron chi connectivity index (χ2n) is 3.54. The smallest absolute Gasteiger partial charge is 0.222 e. The average Bonchev–Trinajstić information content (AvgIpc) is 2.08. The molecule has 0 atom stereocenters. The second kappa shape index (κ2) is 4.80. The van der Waals surface area contributed by atoms with Crippen molar-refractivity contribution in [3.8, 4) is 0 Å². The summed E-state index contributed by atoms with van der Waals surface area (Å²) in [6.07, 6.45) is 4.84. The molecular formula is C10H17N3. The lowest BCUT2D eigenvalue weighted by molar-refractivity contribution is 0.643. The number of rotatable bonds is 4. The van der Waals surface area contributed by atoms with Crippen LogP contribution in [-0.2, 0) is 6.42 Å². The van der Waals surface area contributed by atoms with E-state index in [0.717, 1.165) is 18.9 Å². The van der Waals surface area contributed by atoms with Gasteiger partial charge in [0.1, 0.15) is 0 Å². The molecule has 0 saturated carbocycles. The van der Waals surface area contributed by atoms with Crippen LogP contribution in [0.1, 0.15) is 26.3 Å². The van der Waals surface area contributed by atoms with Crippen molar-refractivity contribution in [2.75, 3.05) is 11.9 Å². The van der Waals surface area contributed by atoms with Crippen molar-refractivity contribution >= 4 is 5.95 Å². The highest BCUT2D eigenvalue weighted by Crippen LogP contribution is 2.06. The van der Waals surface area contributed by atoms with Gasteiger partial charge in [0.2, 0.25) is 5.95 Å². The third-order valence-electron chi connectivity index (χ3n) is 1.68. The molecule has 72 valence electrons. The summed E-state index contributed by atoms with van der Waals surface area (Å²) < 4.78 is 0. The highest BCUT2D eigenvalue weighted by molar-refractivity contribution is 5.24. The Balaban J connectivity index is 2.59. The molecule has 3 heteroatoms. The molecule has 0 unspecified atom stereocenters. The maximum atomic E-state index is 4.20. The zero-order valence-electron chi connectivity index (χ0n) is 8.54. The lowest BCUT2D eigenvalue weighted by Crippen LogP contribution is -2.03. The summed E-state index contributed by atoms with van der Waals surface area (Å²) in [7, 11) is 0. The van der Waals surface area contributed by atoms with Crippen molar-refractivity contribution in [2.24, 2.45) is 5.92 Å². The number of hydrogen-bond donors (Lipinski definition) is 1. The molecule has 1 heterocycles. The molecule has 0 aliphatic heterocycles. The van der Waals surface area contributed by atoms with Crippen LogP contribution in [0.4, 0.5) is 5.95 Å². The number of aromatic nitrogens is 2. The highest BCUT2D eigenvalue weighted by Gasteiger charge is 1.99. The molecule has 1 aromatic rings. The Morgan fingerprint density at radius 3 is 2.38 bits per heavy atom. The maximum absolute atomic E-state index is 4.20. The minimum atomic E-state index is 0.661. The van der Waals surface area contributed by atoms with E-state index in [1.807, 2.05) is 19.3 Å². The van der Waals surface area contributed by atoms with Crippen LogP contribution in [0.5, 0.6) is 0 Å². The molecule has 0 aromatic carbocycles. The van der Waals surface area contributed by atoms with E-state index in [1.165, 1.54) is 5.56 Å². The van der Waals surface area contributed by atoms with Gasteiger partial charge in [0.15, 0.2) is 0 Å². The van der Waals surface area contributed by atoms with E-state index in [9.17, 15) is 0 Å². The Morgan fingerprint density at radius 1 is 1.31 bits per heavy atom. The summed E-state index contributed by atoms with van der Waals surface area (Å²) in [4.78, 5) is 8.40. The average molecular weight is 179 g/mol. The van der Waals surface area contributed by atoms with Crippen molar-refractivity contribution < 1.29 is 0 Å². The number of hydrogen-bond acceptors (Lipinski definition) is 3. The molecule has 13 heavy (non-hydrogen) atoms. The zero-order chi connectivity index (χ0) is 9.68. The Kier molecular flexibility index (Phi) is 3.68. The Morgan fingerprint density at radius 2 is 1.92 bits per heavy atom. The first-order valence-electron chi connectivity index (χ1n) is 4.77. The van der Waals surface area contributed by atoms with Gasteiger partial charge in [-0.1, -0.05) is 13.8 Å². The molecule has 0 spiro atoms. The van der Waals surface area contributed by atoms with Crippen LogP contribution >= 0.6 is 0 Å². The fourth-order valence-electron chi connectivity index (χ4n) is 1.18. The van der Waals surface area contributed by atoms with E-state index in [-0.39, 0.29) is 0 Å². The normalized spacial score (nSPS) is 10.5. The quantitative estimate of drug-likeness (QED) is 0.769. The fourth-order valence-corrected chi connectivity index (χ4v) is 1.18. The van der Waals surface area contributed by atoms with Crippen molar-refractivity contribution in [3.63, 3.8) is 0 Å². The number of nitrogens with one attached hydrogen (secondary N) is 1. The van der Waals surface area contributed by atoms with Gasteiger partial charge < -0.3 is 5.32 Å². The van der Waals surface area contributed by atoms with Gasteiger partial charge in [-0.2, -0.15) is 0 Å². The van der Waals surface area contributed by atoms with Crippen molar-refractivity contribution in [1.29, 1.82) is 0 Å². The molecule has 1 aromatic heterocycles. The van der Waals surface area contributed by atoms with Crippen LogP contribution in [0.3, 0.4) is 0 Å². The van der Waals surface area contributed by atoms with Gasteiger partial charge in [-0.05, 0) is 24.8 Å². The predicted octanol–water partition coefficient (Wildman–Crippen LogP) is 2.11. The largest absolute Gasteiger partial charge is 0.355 e. The third-order valence-corrected chi connectivity index (χ3v) is 1.68. The zero-order valence-corrected chi connectivity index (χ0v) is 8.54. The first-order valence-corrected chi connectivity index (χ1v) is 4.77. The maximum Gasteiger partial charge on any atom is 0.222 e. The first kappa shape index (κ1) is 9.96. The SMILES string of the molecule is CCNc1ncc(CC(C)C)cn1. The van der Waals surface area contributed by atoms with Gasteiger partial charge in [-0.15, -0.1) is 0 Å². The predicted molar refractivity (Wildman–Crippen MR) is 54.7 cm³/mol. The molecule has 0 saturated heterocycles. The molecule has 0 amide bonds. The van der Waals surface area contributed by atoms with Gasteiger partial charge in [0, 0.05) is 18.9 Å². The highest BCUT2D eigenvalue weighted by atomic mass is 15.1. The van der Waals surface area contributed by atoms with Crippen molar-refractivity contribution in [3.05, 3.63) is 18.0 Å². The van der Waals surface area contributed by atoms with Crippen LogP contribution in [-0.4, -0.2) is 16.5 Å². The van der Waals surface area contributed by atoms with Gasteiger partial charge in [-0.3, -0.25) is 0 Å². The molecule has 0 fully saturated rings. The molecule has 0 aliphatic carbocycles. The molecule has 1 rings (SSSR count). The van der Waals surface area contributed by atoms with E-state index < -0.39 is 0 Å². The van der Waals surface area contributed by atoms with E-state index >= 15 is 0 Å². The molecule has 0 radical (unpaired) electrons. The summed E-state index contributed by atoms with van der Waals surface area (Å²) in [5, 5.41) is 3.07. The van der Waals surface area contributed by atoms with E-state index in [2.05, 4.69) is 29.1 Å². The van der Waals surface area contributed by atoms with E-state index in [1.54, 1.807) is 0 Å². The summed E-state index contributed by atoms with van der Waals surface area (Å²) in [5.74, 6) is 1.38. The summed E-state index contributed by atoms with van der Waals surface area (Å²) >= 11 is 0. The molecule has 0 bridgehead atoms. The monoisotopic (exact) mass is 179 g/mol. The van der Waals surface area contributed by atoms with Gasteiger partial charge in [0.25, 0.3) is 0 Å². The number of nitrogens with zero attached hydrogens (tertiary/aromatic N) is 2. The van der Waals surface area contributed by atoms with Crippen molar-refractivity contribution in [1.82, 2.24) is 9.97 Å². The Hall–Kier alpha value is -1.12. The van der Waals surface area contributed by atoms with Crippen molar-refractivity contribution in [2.45, 2.75) is 27.2 Å². The third kappa shape index (κ3) is 3.40. The first-order chi connectivity index (χ1) is 6.22. The molecular weight excluding hydrogens is 162 g/mol. The standard InChI is InChI=1S/C10H17N3/c1-4-11-10-12-6-9(7-13-10)5-8(2)3/h6-8H,4-5H2,1-3H3,(H,11,12,13). The van der Waals surface area contributed by atoms with Crippen LogP contribution in [0.25, 0.3) is 0 Å². The Labute approximate surface area is 79.6 Å². The summed E-state index contributed by atoms with van der Waals surface area (Å²) in [5.41, 5.74) is 1.21. The van der Waals surface area contributed by atoms with E-state index in [0.29, 0.717) is 5.92 Å². The fraction of sp³-hybridized carbons (Fsp3) is 0.600. The molecule has 1 N–H and O–H groups in total. The van der Waals surface area contributed by atoms with Gasteiger partial charge >= 0.3 is 0 Å². The molecule has 0 aliphatic rings. The van der Waals surface area contributed by atoms with Crippen LogP contribution < -0.4 is 5.32 Å². The topological polar surface area (TPSA) is 37.8 Å². The summed E-state index contributed by atoms with van der Waals surface area (Å²) in [6, 6.07) is 0. The van der Waals surface area contributed by atoms with Gasteiger partial charge in [-0.25, -0.2) is 9.97 Å². The van der Waals surface area contributed by atoms with Gasteiger partial charge in [0.05, 0.1) is 0 Å². The second-order valence-corrected chi connectivity index (χ2v) is 3.54. The minimum Gasteiger partial charge on any atom is -0.355 e. The van der Waals surface area contributed by atoms with Crippen LogP contribution in [0.2, 0.25) is 0 Å². The van der Waals surface area contributed by atoms with E-state index in [4.69, 9.17) is 0 Å². The lowest BCUT2D eigenvalue weighted by Gasteiger charge is -2.05. The molecule has 3 nitrogen and oxygen atoms in total. The number of anilines is 1. The summed E-state index contributed by atoms with van der Waals surface area (Å²) in [6.45, 7) is 7.28. The Bertz CT molecular complexity index is 241.